The van der Waals surface area contributed by atoms with Gasteiger partial charge in [-0.05, 0) is 10.9 Å². The van der Waals surface area contributed by atoms with Crippen LogP contribution in [0.1, 0.15) is 0 Å². The van der Waals surface area contributed by atoms with Crippen molar-refractivity contribution in [2.75, 3.05) is 0 Å². The number of hydrogen-bond donors (Lipinski definition) is 4. The van der Waals surface area contributed by atoms with Crippen molar-refractivity contribution in [3.63, 3.8) is 0 Å². The first-order chi connectivity index (χ1) is 6.45. The summed E-state index contributed by atoms with van der Waals surface area (Å²) in [5.74, 6) is 0. The van der Waals surface area contributed by atoms with Gasteiger partial charge in [-0.15, -0.1) is 0 Å². The SMILES string of the molecule is OB(O)c1ccc(B(O)O)c(Br)c1Br. The van der Waals surface area contributed by atoms with Gasteiger partial charge in [-0.2, -0.15) is 0 Å². The summed E-state index contributed by atoms with van der Waals surface area (Å²) in [5, 5.41) is 35.8. The van der Waals surface area contributed by atoms with E-state index in [1.54, 1.807) is 0 Å². The molecule has 0 atom stereocenters. The van der Waals surface area contributed by atoms with Gasteiger partial charge < -0.3 is 20.1 Å². The summed E-state index contributed by atoms with van der Waals surface area (Å²) in [5.41, 5.74) is 0.502. The second kappa shape index (κ2) is 4.78. The van der Waals surface area contributed by atoms with Crippen LogP contribution in [0.25, 0.3) is 0 Å². The molecule has 0 aromatic heterocycles. The van der Waals surface area contributed by atoms with Crippen LogP contribution in [-0.4, -0.2) is 34.3 Å². The van der Waals surface area contributed by atoms with Crippen molar-refractivity contribution < 1.29 is 20.1 Å². The molecular weight excluding hydrogens is 317 g/mol. The monoisotopic (exact) mass is 322 g/mol. The molecule has 0 spiro atoms. The minimum absolute atomic E-state index is 0.251. The summed E-state index contributed by atoms with van der Waals surface area (Å²) >= 11 is 6.22. The van der Waals surface area contributed by atoms with Gasteiger partial charge in [0.15, 0.2) is 0 Å². The maximum atomic E-state index is 8.94. The van der Waals surface area contributed by atoms with Crippen LogP contribution < -0.4 is 10.9 Å². The van der Waals surface area contributed by atoms with Gasteiger partial charge in [0.05, 0.1) is 0 Å². The Morgan fingerprint density at radius 1 is 0.786 bits per heavy atom. The molecule has 4 nitrogen and oxygen atoms in total. The summed E-state index contributed by atoms with van der Waals surface area (Å²) in [6, 6.07) is 2.79. The zero-order valence-electron chi connectivity index (χ0n) is 6.85. The van der Waals surface area contributed by atoms with Crippen LogP contribution in [0.2, 0.25) is 0 Å². The van der Waals surface area contributed by atoms with Crippen LogP contribution in [0, 0.1) is 0 Å². The third kappa shape index (κ3) is 2.39. The highest BCUT2D eigenvalue weighted by atomic mass is 79.9. The molecule has 4 N–H and O–H groups in total. The Morgan fingerprint density at radius 2 is 1.07 bits per heavy atom. The lowest BCUT2D eigenvalue weighted by molar-refractivity contribution is 0.423. The molecule has 1 rings (SSSR count). The molecule has 0 amide bonds. The van der Waals surface area contributed by atoms with Gasteiger partial charge in [-0.3, -0.25) is 0 Å². The predicted molar refractivity (Wildman–Crippen MR) is 61.5 cm³/mol. The van der Waals surface area contributed by atoms with Crippen LogP contribution in [-0.2, 0) is 0 Å². The molecule has 14 heavy (non-hydrogen) atoms. The topological polar surface area (TPSA) is 80.9 Å². The van der Waals surface area contributed by atoms with E-state index >= 15 is 0 Å². The van der Waals surface area contributed by atoms with Crippen molar-refractivity contribution >= 4 is 57.0 Å². The molecular formula is C6H6B2Br2O4. The van der Waals surface area contributed by atoms with Crippen LogP contribution in [0.3, 0.4) is 0 Å². The van der Waals surface area contributed by atoms with E-state index < -0.39 is 14.2 Å². The van der Waals surface area contributed by atoms with Gasteiger partial charge in [-0.25, -0.2) is 0 Å². The first kappa shape index (κ1) is 12.2. The quantitative estimate of drug-likeness (QED) is 0.503. The second-order valence-corrected chi connectivity index (χ2v) is 4.21. The second-order valence-electron chi connectivity index (χ2n) is 2.62. The molecule has 0 fully saturated rings. The Labute approximate surface area is 98.1 Å². The fourth-order valence-corrected chi connectivity index (χ4v) is 2.11. The summed E-state index contributed by atoms with van der Waals surface area (Å²) in [6.45, 7) is 0. The highest BCUT2D eigenvalue weighted by Crippen LogP contribution is 2.19. The normalized spacial score (nSPS) is 10.1. The van der Waals surface area contributed by atoms with E-state index in [0.717, 1.165) is 0 Å². The third-order valence-electron chi connectivity index (χ3n) is 1.70. The molecule has 0 unspecified atom stereocenters. The lowest BCUT2D eigenvalue weighted by atomic mass is 9.75. The molecule has 74 valence electrons. The van der Waals surface area contributed by atoms with Crippen molar-refractivity contribution in [2.24, 2.45) is 0 Å². The Kier molecular flexibility index (Phi) is 4.17. The molecule has 0 aliphatic heterocycles. The van der Waals surface area contributed by atoms with Crippen molar-refractivity contribution in [3.8, 4) is 0 Å². The Hall–Kier alpha value is 0.150. The van der Waals surface area contributed by atoms with Gasteiger partial charge in [0.2, 0.25) is 0 Å². The number of halogens is 2. The summed E-state index contributed by atoms with van der Waals surface area (Å²) in [4.78, 5) is 0. The van der Waals surface area contributed by atoms with E-state index in [-0.39, 0.29) is 10.9 Å². The van der Waals surface area contributed by atoms with Crippen molar-refractivity contribution in [3.05, 3.63) is 21.1 Å². The molecule has 0 saturated carbocycles. The van der Waals surface area contributed by atoms with Gasteiger partial charge in [0, 0.05) is 8.95 Å². The van der Waals surface area contributed by atoms with Gasteiger partial charge in [0.25, 0.3) is 0 Å². The van der Waals surface area contributed by atoms with Crippen molar-refractivity contribution in [2.45, 2.75) is 0 Å². The fourth-order valence-electron chi connectivity index (χ4n) is 0.978. The lowest BCUT2D eigenvalue weighted by Gasteiger charge is -2.09. The maximum Gasteiger partial charge on any atom is 0.489 e. The summed E-state index contributed by atoms with van der Waals surface area (Å²) in [6.07, 6.45) is 0. The molecule has 0 saturated heterocycles. The minimum atomic E-state index is -1.61. The van der Waals surface area contributed by atoms with Crippen molar-refractivity contribution in [1.29, 1.82) is 0 Å². The molecule has 0 bridgehead atoms. The van der Waals surface area contributed by atoms with Gasteiger partial charge in [-0.1, -0.05) is 44.0 Å². The van der Waals surface area contributed by atoms with E-state index in [1.165, 1.54) is 12.1 Å². The molecule has 0 heterocycles. The van der Waals surface area contributed by atoms with Crippen LogP contribution in [0.5, 0.6) is 0 Å². The Bertz CT molecular complexity index is 312. The van der Waals surface area contributed by atoms with Crippen LogP contribution in [0.4, 0.5) is 0 Å². The molecule has 1 aromatic rings. The molecule has 0 aliphatic rings. The maximum absolute atomic E-state index is 8.94. The largest absolute Gasteiger partial charge is 0.489 e. The fraction of sp³-hybridized carbons (Fsp3) is 0. The number of hydrogen-bond acceptors (Lipinski definition) is 4. The lowest BCUT2D eigenvalue weighted by Crippen LogP contribution is -2.37. The standard InChI is InChI=1S/C6H6B2Br2O4/c9-5-3(7(11)12)1-2-4(6(5)10)8(13)14/h1-2,11-14H. The number of rotatable bonds is 2. The molecule has 0 radical (unpaired) electrons. The molecule has 0 aliphatic carbocycles. The van der Waals surface area contributed by atoms with Crippen LogP contribution in [0.15, 0.2) is 21.1 Å². The average molecular weight is 324 g/mol. The number of benzene rings is 1. The van der Waals surface area contributed by atoms with Crippen LogP contribution >= 0.6 is 31.9 Å². The van der Waals surface area contributed by atoms with E-state index in [2.05, 4.69) is 31.9 Å². The predicted octanol–water partition coefficient (Wildman–Crippen LogP) is -1.43. The molecule has 8 heteroatoms. The first-order valence-corrected chi connectivity index (χ1v) is 5.23. The first-order valence-electron chi connectivity index (χ1n) is 3.65. The third-order valence-corrected chi connectivity index (χ3v) is 3.94. The van der Waals surface area contributed by atoms with E-state index in [0.29, 0.717) is 8.95 Å². The average Bonchev–Trinajstić information content (AvgIpc) is 2.08. The summed E-state index contributed by atoms with van der Waals surface area (Å²) < 4.78 is 0.774. The Morgan fingerprint density at radius 3 is 1.29 bits per heavy atom. The van der Waals surface area contributed by atoms with Crippen molar-refractivity contribution in [1.82, 2.24) is 0 Å². The zero-order valence-corrected chi connectivity index (χ0v) is 10.0. The minimum Gasteiger partial charge on any atom is -0.423 e. The Balaban J connectivity index is 3.26. The van der Waals surface area contributed by atoms with Gasteiger partial charge >= 0.3 is 14.2 Å². The van der Waals surface area contributed by atoms with Gasteiger partial charge in [0.1, 0.15) is 0 Å². The highest BCUT2D eigenvalue weighted by Gasteiger charge is 2.22. The highest BCUT2D eigenvalue weighted by molar-refractivity contribution is 9.13. The van der Waals surface area contributed by atoms with E-state index in [9.17, 15) is 0 Å². The zero-order chi connectivity index (χ0) is 10.9. The smallest absolute Gasteiger partial charge is 0.423 e. The molecule has 1 aromatic carbocycles. The summed E-state index contributed by atoms with van der Waals surface area (Å²) in [7, 11) is -3.21. The van der Waals surface area contributed by atoms with E-state index in [1.807, 2.05) is 0 Å². The van der Waals surface area contributed by atoms with E-state index in [4.69, 9.17) is 20.1 Å².